The number of hydrogen-bond acceptors (Lipinski definition) is 8. The zero-order valence-corrected chi connectivity index (χ0v) is 14.5. The van der Waals surface area contributed by atoms with Crippen LogP contribution in [0.5, 0.6) is 5.75 Å². The van der Waals surface area contributed by atoms with Crippen molar-refractivity contribution in [3.63, 3.8) is 0 Å². The highest BCUT2D eigenvalue weighted by molar-refractivity contribution is 5.90. The van der Waals surface area contributed by atoms with Gasteiger partial charge in [0.25, 0.3) is 5.69 Å². The first kappa shape index (κ1) is 18.2. The number of nitrogens with one attached hydrogen (secondary N) is 1. The Morgan fingerprint density at radius 2 is 2.18 bits per heavy atom. The molecule has 0 aliphatic carbocycles. The number of rotatable bonds is 5. The van der Waals surface area contributed by atoms with E-state index in [-0.39, 0.29) is 45.4 Å². The van der Waals surface area contributed by atoms with Crippen LogP contribution in [-0.2, 0) is 0 Å². The summed E-state index contributed by atoms with van der Waals surface area (Å²) in [5.41, 5.74) is 5.95. The van der Waals surface area contributed by atoms with E-state index in [0.717, 1.165) is 0 Å². The molecule has 0 spiro atoms. The van der Waals surface area contributed by atoms with Gasteiger partial charge in [0.1, 0.15) is 35.0 Å². The first-order chi connectivity index (χ1) is 13.5. The number of nitro benzene ring substituents is 1. The second-order valence-corrected chi connectivity index (χ2v) is 5.48. The Morgan fingerprint density at radius 3 is 2.82 bits per heavy atom. The van der Waals surface area contributed by atoms with Gasteiger partial charge in [0.05, 0.1) is 34.9 Å². The molecule has 0 unspecified atom stereocenters. The summed E-state index contributed by atoms with van der Waals surface area (Å²) in [6.45, 7) is 0. The third kappa shape index (κ3) is 3.25. The van der Waals surface area contributed by atoms with Crippen molar-refractivity contribution in [3.05, 3.63) is 57.5 Å². The number of H-pyrrole nitrogens is 1. The predicted octanol–water partition coefficient (Wildman–Crippen LogP) is 3.10. The van der Waals surface area contributed by atoms with Crippen molar-refractivity contribution in [2.75, 3.05) is 12.8 Å². The van der Waals surface area contributed by atoms with Crippen LogP contribution in [0.1, 0.15) is 17.0 Å². The highest BCUT2D eigenvalue weighted by Crippen LogP contribution is 2.35. The zero-order valence-electron chi connectivity index (χ0n) is 14.5. The standard InChI is InChI=1S/C18H12N6O4/c1-27-11-2-4-13(15(7-11)24(25)26)16-5-3-12(28-16)6-10(8-19)17-14(9-20)18(21)23-22-17/h2-7H,1H3,(H3,21,22,23). The van der Waals surface area contributed by atoms with Gasteiger partial charge < -0.3 is 14.9 Å². The number of benzene rings is 1. The Balaban J connectivity index is 2.03. The molecule has 3 rings (SSSR count). The summed E-state index contributed by atoms with van der Waals surface area (Å²) >= 11 is 0. The first-order valence-electron chi connectivity index (χ1n) is 7.77. The molecule has 0 atom stereocenters. The summed E-state index contributed by atoms with van der Waals surface area (Å²) < 4.78 is 10.7. The molecule has 2 heterocycles. The topological polar surface area (TPSA) is 168 Å². The molecule has 0 saturated carbocycles. The number of nitriles is 2. The Kier molecular flexibility index (Phi) is 4.79. The molecule has 0 aliphatic rings. The van der Waals surface area contributed by atoms with Gasteiger partial charge in [0.2, 0.25) is 0 Å². The summed E-state index contributed by atoms with van der Waals surface area (Å²) in [4.78, 5) is 10.8. The van der Waals surface area contributed by atoms with E-state index >= 15 is 0 Å². The molecule has 0 aliphatic heterocycles. The van der Waals surface area contributed by atoms with Gasteiger partial charge in [-0.2, -0.15) is 15.6 Å². The lowest BCUT2D eigenvalue weighted by Crippen LogP contribution is -1.93. The second kappa shape index (κ2) is 7.35. The third-order valence-electron chi connectivity index (χ3n) is 3.88. The average Bonchev–Trinajstić information content (AvgIpc) is 3.31. The molecule has 0 saturated heterocycles. The molecular formula is C18H12N6O4. The van der Waals surface area contributed by atoms with Gasteiger partial charge in [-0.25, -0.2) is 0 Å². The Labute approximate surface area is 158 Å². The minimum absolute atomic E-state index is 0.0207. The smallest absolute Gasteiger partial charge is 0.284 e. The number of aromatic nitrogens is 2. The largest absolute Gasteiger partial charge is 0.497 e. The van der Waals surface area contributed by atoms with Crippen molar-refractivity contribution < 1.29 is 14.1 Å². The first-order valence-corrected chi connectivity index (χ1v) is 7.77. The van der Waals surface area contributed by atoms with Crippen LogP contribution in [0.3, 0.4) is 0 Å². The third-order valence-corrected chi connectivity index (χ3v) is 3.88. The fraction of sp³-hybridized carbons (Fsp3) is 0.0556. The van der Waals surface area contributed by atoms with Crippen molar-refractivity contribution in [1.82, 2.24) is 10.2 Å². The molecule has 2 aromatic heterocycles. The minimum atomic E-state index is -0.539. The van der Waals surface area contributed by atoms with Crippen molar-refractivity contribution in [2.24, 2.45) is 0 Å². The van der Waals surface area contributed by atoms with Gasteiger partial charge in [-0.05, 0) is 24.3 Å². The molecule has 1 aromatic carbocycles. The number of aromatic amines is 1. The monoisotopic (exact) mass is 376 g/mol. The van der Waals surface area contributed by atoms with Gasteiger partial charge >= 0.3 is 0 Å². The van der Waals surface area contributed by atoms with Crippen LogP contribution in [0.15, 0.2) is 34.7 Å². The number of methoxy groups -OCH3 is 1. The molecule has 28 heavy (non-hydrogen) atoms. The van der Waals surface area contributed by atoms with E-state index < -0.39 is 4.92 Å². The predicted molar refractivity (Wildman–Crippen MR) is 98.5 cm³/mol. The molecule has 10 nitrogen and oxygen atoms in total. The number of nitrogen functional groups attached to an aromatic ring is 1. The second-order valence-electron chi connectivity index (χ2n) is 5.48. The van der Waals surface area contributed by atoms with Crippen molar-refractivity contribution >= 4 is 23.2 Å². The average molecular weight is 376 g/mol. The van der Waals surface area contributed by atoms with Crippen LogP contribution in [0.25, 0.3) is 23.0 Å². The van der Waals surface area contributed by atoms with E-state index in [1.165, 1.54) is 25.3 Å². The number of nitro groups is 1. The normalized spacial score (nSPS) is 10.9. The lowest BCUT2D eigenvalue weighted by atomic mass is 10.1. The van der Waals surface area contributed by atoms with Gasteiger partial charge in [-0.1, -0.05) is 0 Å². The molecule has 0 bridgehead atoms. The van der Waals surface area contributed by atoms with Crippen LogP contribution in [-0.4, -0.2) is 22.2 Å². The Hall–Kier alpha value is -4.57. The number of furan rings is 1. The maximum absolute atomic E-state index is 11.4. The van der Waals surface area contributed by atoms with Gasteiger partial charge in [-0.15, -0.1) is 0 Å². The van der Waals surface area contributed by atoms with Crippen molar-refractivity contribution in [1.29, 1.82) is 10.5 Å². The van der Waals surface area contributed by atoms with Crippen LogP contribution in [0.4, 0.5) is 11.5 Å². The van der Waals surface area contributed by atoms with Crippen molar-refractivity contribution in [3.8, 4) is 29.2 Å². The van der Waals surface area contributed by atoms with Gasteiger partial charge in [0.15, 0.2) is 5.82 Å². The molecule has 0 radical (unpaired) electrons. The molecule has 10 heteroatoms. The Bertz CT molecular complexity index is 1180. The highest BCUT2D eigenvalue weighted by atomic mass is 16.6. The fourth-order valence-corrected chi connectivity index (χ4v) is 2.54. The fourth-order valence-electron chi connectivity index (χ4n) is 2.54. The summed E-state index contributed by atoms with van der Waals surface area (Å²) in [5, 5.41) is 36.2. The summed E-state index contributed by atoms with van der Waals surface area (Å²) in [7, 11) is 1.41. The summed E-state index contributed by atoms with van der Waals surface area (Å²) in [5.74, 6) is 0.818. The number of nitrogens with zero attached hydrogens (tertiary/aromatic N) is 4. The molecule has 138 valence electrons. The van der Waals surface area contributed by atoms with Crippen molar-refractivity contribution in [2.45, 2.75) is 0 Å². The Morgan fingerprint density at radius 1 is 1.39 bits per heavy atom. The summed E-state index contributed by atoms with van der Waals surface area (Å²) in [6.07, 6.45) is 1.38. The van der Waals surface area contributed by atoms with E-state index in [1.54, 1.807) is 18.2 Å². The summed E-state index contributed by atoms with van der Waals surface area (Å²) in [6, 6.07) is 11.3. The number of nitrogens with two attached hydrogens (primary N) is 1. The lowest BCUT2D eigenvalue weighted by molar-refractivity contribution is -0.384. The van der Waals surface area contributed by atoms with E-state index in [1.807, 2.05) is 12.1 Å². The molecular weight excluding hydrogens is 364 g/mol. The van der Waals surface area contributed by atoms with Crippen LogP contribution < -0.4 is 10.5 Å². The van der Waals surface area contributed by atoms with Crippen LogP contribution in [0, 0.1) is 32.8 Å². The van der Waals surface area contributed by atoms with Gasteiger partial charge in [-0.3, -0.25) is 15.2 Å². The number of ether oxygens (including phenoxy) is 1. The maximum Gasteiger partial charge on any atom is 0.284 e. The lowest BCUT2D eigenvalue weighted by Gasteiger charge is -2.03. The van der Waals surface area contributed by atoms with Crippen LogP contribution >= 0.6 is 0 Å². The zero-order chi connectivity index (χ0) is 20.3. The number of hydrogen-bond donors (Lipinski definition) is 2. The molecule has 0 fully saturated rings. The van der Waals surface area contributed by atoms with Crippen LogP contribution in [0.2, 0.25) is 0 Å². The van der Waals surface area contributed by atoms with E-state index in [0.29, 0.717) is 5.75 Å². The minimum Gasteiger partial charge on any atom is -0.497 e. The molecule has 0 amide bonds. The number of allylic oxidation sites excluding steroid dienone is 1. The SMILES string of the molecule is COc1ccc(-c2ccc(C=C(C#N)c3[nH]nc(N)c3C#N)o2)c([N+](=O)[O-])c1. The van der Waals surface area contributed by atoms with E-state index in [2.05, 4.69) is 10.2 Å². The molecule has 3 aromatic rings. The number of anilines is 1. The van der Waals surface area contributed by atoms with E-state index in [4.69, 9.17) is 20.1 Å². The van der Waals surface area contributed by atoms with Gasteiger partial charge in [0, 0.05) is 6.08 Å². The quantitative estimate of drug-likeness (QED) is 0.389. The highest BCUT2D eigenvalue weighted by Gasteiger charge is 2.20. The van der Waals surface area contributed by atoms with E-state index in [9.17, 15) is 15.4 Å². The molecule has 3 N–H and O–H groups in total. The maximum atomic E-state index is 11.4.